The van der Waals surface area contributed by atoms with E-state index < -0.39 is 41.0 Å². The van der Waals surface area contributed by atoms with Gasteiger partial charge in [0.15, 0.2) is 0 Å². The van der Waals surface area contributed by atoms with Gasteiger partial charge in [-0.3, -0.25) is 0 Å². The molecule has 0 radical (unpaired) electrons. The molecule has 0 saturated heterocycles. The molecule has 0 N–H and O–H groups in total. The SMILES string of the molecule is CCCCCCCCCCC(=O)[O][Bi]([O]C(=O)CCCCCCCCCC)[O]C(=O)CCCCCCCCCC. The van der Waals surface area contributed by atoms with E-state index in [9.17, 15) is 14.4 Å². The molecule has 0 aromatic carbocycles. The van der Waals surface area contributed by atoms with Crippen LogP contribution in [0.5, 0.6) is 0 Å². The van der Waals surface area contributed by atoms with E-state index in [-0.39, 0.29) is 19.3 Å². The first-order valence-corrected chi connectivity index (χ1v) is 21.2. The maximum atomic E-state index is 12.5. The summed E-state index contributed by atoms with van der Waals surface area (Å²) in [7, 11) is 0. The summed E-state index contributed by atoms with van der Waals surface area (Å²) in [5.74, 6) is -1.20. The zero-order valence-corrected chi connectivity index (χ0v) is 30.0. The zero-order chi connectivity index (χ0) is 29.5. The van der Waals surface area contributed by atoms with Crippen molar-refractivity contribution < 1.29 is 22.8 Å². The third-order valence-corrected chi connectivity index (χ3v) is 11.3. The monoisotopic (exact) mass is 764 g/mol. The van der Waals surface area contributed by atoms with Crippen LogP contribution in [0.3, 0.4) is 0 Å². The van der Waals surface area contributed by atoms with E-state index in [2.05, 4.69) is 20.8 Å². The molecule has 0 aromatic rings. The summed E-state index contributed by atoms with van der Waals surface area (Å²) in [6.07, 6.45) is 28.2. The molecule has 0 saturated carbocycles. The van der Waals surface area contributed by atoms with Crippen molar-refractivity contribution in [3.05, 3.63) is 0 Å². The van der Waals surface area contributed by atoms with Gasteiger partial charge in [-0.15, -0.1) is 0 Å². The van der Waals surface area contributed by atoms with Crippen molar-refractivity contribution in [2.24, 2.45) is 0 Å². The van der Waals surface area contributed by atoms with Gasteiger partial charge in [0, 0.05) is 0 Å². The van der Waals surface area contributed by atoms with E-state index in [1.165, 1.54) is 96.3 Å². The first-order valence-electron chi connectivity index (χ1n) is 17.0. The van der Waals surface area contributed by atoms with Crippen LogP contribution in [0.1, 0.15) is 194 Å². The molecule has 236 valence electrons. The first-order chi connectivity index (χ1) is 19.5. The molecular weight excluding hydrogens is 701 g/mol. The van der Waals surface area contributed by atoms with Gasteiger partial charge < -0.3 is 0 Å². The van der Waals surface area contributed by atoms with Crippen molar-refractivity contribution >= 4 is 41.0 Å². The van der Waals surface area contributed by atoms with Crippen molar-refractivity contribution in [3.63, 3.8) is 0 Å². The van der Waals surface area contributed by atoms with Crippen molar-refractivity contribution in [3.8, 4) is 0 Å². The molecule has 0 aliphatic rings. The molecule has 0 heterocycles. The van der Waals surface area contributed by atoms with Crippen LogP contribution < -0.4 is 0 Å². The van der Waals surface area contributed by atoms with Crippen molar-refractivity contribution in [1.82, 2.24) is 0 Å². The first kappa shape index (κ1) is 39.3. The summed E-state index contributed by atoms with van der Waals surface area (Å²) in [6, 6.07) is 0. The van der Waals surface area contributed by atoms with E-state index in [4.69, 9.17) is 8.44 Å². The third-order valence-electron chi connectivity index (χ3n) is 7.23. The zero-order valence-electron chi connectivity index (χ0n) is 26.5. The van der Waals surface area contributed by atoms with Gasteiger partial charge >= 0.3 is 258 Å². The average Bonchev–Trinajstić information content (AvgIpc) is 2.93. The maximum absolute atomic E-state index is 12.5. The summed E-state index contributed by atoms with van der Waals surface area (Å²) in [6.45, 7) is 6.64. The molecule has 6 nitrogen and oxygen atoms in total. The fraction of sp³-hybridized carbons (Fsp3) is 0.909. The average molecular weight is 765 g/mol. The van der Waals surface area contributed by atoms with E-state index in [1.807, 2.05) is 0 Å². The summed E-state index contributed by atoms with van der Waals surface area (Å²) in [5.41, 5.74) is 0. The van der Waals surface area contributed by atoms with Crippen molar-refractivity contribution in [2.45, 2.75) is 194 Å². The molecule has 40 heavy (non-hydrogen) atoms. The van der Waals surface area contributed by atoms with E-state index >= 15 is 0 Å². The predicted octanol–water partition coefficient (Wildman–Crippen LogP) is 10.2. The molecule has 0 rings (SSSR count). The van der Waals surface area contributed by atoms with E-state index in [0.717, 1.165) is 57.8 Å². The molecule has 0 aliphatic carbocycles. The molecule has 0 aromatic heterocycles. The van der Waals surface area contributed by atoms with Crippen molar-refractivity contribution in [2.75, 3.05) is 0 Å². The Hall–Kier alpha value is -0.707. The summed E-state index contributed by atoms with van der Waals surface area (Å²) in [4.78, 5) is 37.4. The van der Waals surface area contributed by atoms with Gasteiger partial charge in [0.05, 0.1) is 0 Å². The molecule has 7 heteroatoms. The fourth-order valence-corrected chi connectivity index (χ4v) is 8.09. The number of unbranched alkanes of at least 4 members (excludes halogenated alkanes) is 21. The number of rotatable bonds is 30. The van der Waals surface area contributed by atoms with Crippen LogP contribution in [-0.4, -0.2) is 41.0 Å². The number of carbonyl (C=O) groups excluding carboxylic acids is 3. The van der Waals surface area contributed by atoms with Gasteiger partial charge in [-0.1, -0.05) is 0 Å². The van der Waals surface area contributed by atoms with Crippen LogP contribution in [0.4, 0.5) is 0 Å². The van der Waals surface area contributed by atoms with Gasteiger partial charge in [0.25, 0.3) is 0 Å². The number of carbonyl (C=O) groups is 3. The minimum atomic E-state index is -3.94. The van der Waals surface area contributed by atoms with Gasteiger partial charge in [-0.25, -0.2) is 0 Å². The number of hydrogen-bond acceptors (Lipinski definition) is 6. The Kier molecular flexibility index (Phi) is 30.7. The number of hydrogen-bond donors (Lipinski definition) is 0. The van der Waals surface area contributed by atoms with Gasteiger partial charge in [-0.2, -0.15) is 0 Å². The summed E-state index contributed by atoms with van der Waals surface area (Å²) >= 11 is -3.94. The molecular formula is C33H63BiO6. The van der Waals surface area contributed by atoms with Crippen LogP contribution in [0.25, 0.3) is 0 Å². The fourth-order valence-electron chi connectivity index (χ4n) is 4.65. The Bertz CT molecular complexity index is 517. The Morgan fingerprint density at radius 2 is 0.550 bits per heavy atom. The Labute approximate surface area is 257 Å². The van der Waals surface area contributed by atoms with Crippen LogP contribution in [0.2, 0.25) is 0 Å². The molecule has 0 bridgehead atoms. The molecule has 0 fully saturated rings. The molecule has 0 unspecified atom stereocenters. The third kappa shape index (κ3) is 28.8. The predicted molar refractivity (Wildman–Crippen MR) is 166 cm³/mol. The second-order valence-electron chi connectivity index (χ2n) is 11.3. The molecule has 0 amide bonds. The molecule has 0 aliphatic heterocycles. The molecule has 0 spiro atoms. The minimum absolute atomic E-state index is 0.284. The normalized spacial score (nSPS) is 11.1. The Balaban J connectivity index is 4.39. The topological polar surface area (TPSA) is 78.9 Å². The van der Waals surface area contributed by atoms with Crippen LogP contribution >= 0.6 is 0 Å². The Morgan fingerprint density at radius 3 is 0.775 bits per heavy atom. The van der Waals surface area contributed by atoms with Gasteiger partial charge in [0.2, 0.25) is 0 Å². The van der Waals surface area contributed by atoms with Gasteiger partial charge in [0.1, 0.15) is 0 Å². The Morgan fingerprint density at radius 1 is 0.350 bits per heavy atom. The summed E-state index contributed by atoms with van der Waals surface area (Å²) in [5, 5.41) is 0. The van der Waals surface area contributed by atoms with Crippen LogP contribution in [0.15, 0.2) is 0 Å². The van der Waals surface area contributed by atoms with E-state index in [1.54, 1.807) is 0 Å². The molecule has 0 atom stereocenters. The van der Waals surface area contributed by atoms with Gasteiger partial charge in [-0.05, 0) is 0 Å². The van der Waals surface area contributed by atoms with Crippen molar-refractivity contribution in [1.29, 1.82) is 0 Å². The second-order valence-corrected chi connectivity index (χ2v) is 15.2. The summed E-state index contributed by atoms with van der Waals surface area (Å²) < 4.78 is 16.5. The second kappa shape index (κ2) is 31.2. The standard InChI is InChI=1S/3C11H22O2.Bi/c3*1-2-3-4-5-6-7-8-9-10-11(12)13;/h3*2-10H2,1H3,(H,12,13);/q;;;+3/p-3. The van der Waals surface area contributed by atoms with Crippen LogP contribution in [-0.2, 0) is 22.8 Å². The quantitative estimate of drug-likeness (QED) is 0.0535. The van der Waals surface area contributed by atoms with E-state index in [0.29, 0.717) is 0 Å². The van der Waals surface area contributed by atoms with Crippen LogP contribution in [0, 0.1) is 0 Å².